The second-order valence-electron chi connectivity index (χ2n) is 3.55. The Hall–Kier alpha value is -1.34. The zero-order chi connectivity index (χ0) is 10.6. The number of carbonyl (C=O) groups excluding carboxylic acids is 1. The van der Waals surface area contributed by atoms with Gasteiger partial charge in [0.05, 0.1) is 6.07 Å². The molecule has 0 atom stereocenters. The van der Waals surface area contributed by atoms with E-state index >= 15 is 0 Å². The lowest BCUT2D eigenvalue weighted by atomic mass is 9.95. The van der Waals surface area contributed by atoms with Gasteiger partial charge in [0.1, 0.15) is 5.41 Å². The average Bonchev–Trinajstić information content (AvgIpc) is 2.66. The first kappa shape index (κ1) is 10.7. The highest BCUT2D eigenvalue weighted by molar-refractivity contribution is 7.07. The second-order valence-corrected chi connectivity index (χ2v) is 4.33. The molecule has 0 radical (unpaired) electrons. The van der Waals surface area contributed by atoms with Crippen LogP contribution in [-0.2, 0) is 11.3 Å². The van der Waals surface area contributed by atoms with E-state index in [1.807, 2.05) is 22.9 Å². The third kappa shape index (κ3) is 2.57. The number of nitrogens with one attached hydrogen (secondary N) is 1. The van der Waals surface area contributed by atoms with Gasteiger partial charge < -0.3 is 5.32 Å². The Kier molecular flexibility index (Phi) is 3.26. The van der Waals surface area contributed by atoms with Crippen molar-refractivity contribution in [2.75, 3.05) is 0 Å². The predicted octanol–water partition coefficient (Wildman–Crippen LogP) is 1.91. The number of hydrogen-bond donors (Lipinski definition) is 1. The molecular weight excluding hydrogens is 196 g/mol. The molecule has 1 N–H and O–H groups in total. The van der Waals surface area contributed by atoms with E-state index in [1.54, 1.807) is 25.2 Å². The van der Waals surface area contributed by atoms with Crippen LogP contribution in [0.5, 0.6) is 0 Å². The zero-order valence-electron chi connectivity index (χ0n) is 8.20. The van der Waals surface area contributed by atoms with Crippen molar-refractivity contribution in [1.82, 2.24) is 5.32 Å². The molecule has 0 fully saturated rings. The molecule has 4 heteroatoms. The Morgan fingerprint density at radius 2 is 2.43 bits per heavy atom. The number of rotatable bonds is 3. The molecule has 1 aromatic heterocycles. The highest BCUT2D eigenvalue weighted by Gasteiger charge is 2.26. The van der Waals surface area contributed by atoms with Gasteiger partial charge in [-0.25, -0.2) is 0 Å². The van der Waals surface area contributed by atoms with E-state index in [4.69, 9.17) is 5.26 Å². The van der Waals surface area contributed by atoms with E-state index in [-0.39, 0.29) is 5.91 Å². The van der Waals surface area contributed by atoms with Gasteiger partial charge in [-0.1, -0.05) is 0 Å². The predicted molar refractivity (Wildman–Crippen MR) is 55.6 cm³/mol. The molecule has 1 heterocycles. The summed E-state index contributed by atoms with van der Waals surface area (Å²) >= 11 is 1.59. The molecule has 0 saturated heterocycles. The molecule has 0 aromatic carbocycles. The molecule has 74 valence electrons. The lowest BCUT2D eigenvalue weighted by molar-refractivity contribution is -0.126. The van der Waals surface area contributed by atoms with Crippen molar-refractivity contribution < 1.29 is 4.79 Å². The van der Waals surface area contributed by atoms with Gasteiger partial charge in [-0.05, 0) is 36.2 Å². The Labute approximate surface area is 87.4 Å². The Morgan fingerprint density at radius 1 is 1.71 bits per heavy atom. The van der Waals surface area contributed by atoms with E-state index in [1.165, 1.54) is 0 Å². The van der Waals surface area contributed by atoms with Crippen molar-refractivity contribution in [2.45, 2.75) is 20.4 Å². The van der Waals surface area contributed by atoms with Gasteiger partial charge in [0.2, 0.25) is 5.91 Å². The van der Waals surface area contributed by atoms with Gasteiger partial charge in [-0.15, -0.1) is 0 Å². The first-order chi connectivity index (χ1) is 6.56. The fraction of sp³-hybridized carbons (Fsp3) is 0.400. The average molecular weight is 208 g/mol. The molecule has 14 heavy (non-hydrogen) atoms. The van der Waals surface area contributed by atoms with Crippen LogP contribution in [-0.4, -0.2) is 5.91 Å². The smallest absolute Gasteiger partial charge is 0.240 e. The summed E-state index contributed by atoms with van der Waals surface area (Å²) in [6, 6.07) is 3.91. The van der Waals surface area contributed by atoms with E-state index in [0.29, 0.717) is 6.54 Å². The number of carbonyl (C=O) groups is 1. The second kappa shape index (κ2) is 4.25. The van der Waals surface area contributed by atoms with Crippen LogP contribution in [0.1, 0.15) is 19.4 Å². The molecule has 1 amide bonds. The Morgan fingerprint density at radius 3 is 2.93 bits per heavy atom. The van der Waals surface area contributed by atoms with Gasteiger partial charge >= 0.3 is 0 Å². The number of amides is 1. The lowest BCUT2D eigenvalue weighted by Gasteiger charge is -2.14. The lowest BCUT2D eigenvalue weighted by Crippen LogP contribution is -2.35. The number of nitriles is 1. The summed E-state index contributed by atoms with van der Waals surface area (Å²) in [5, 5.41) is 15.4. The summed E-state index contributed by atoms with van der Waals surface area (Å²) in [7, 11) is 0. The first-order valence-corrected chi connectivity index (χ1v) is 5.21. The SMILES string of the molecule is CC(C)(C#N)C(=O)NCc1ccsc1. The highest BCUT2D eigenvalue weighted by Crippen LogP contribution is 2.13. The van der Waals surface area contributed by atoms with Crippen LogP contribution in [0.4, 0.5) is 0 Å². The van der Waals surface area contributed by atoms with Crippen molar-refractivity contribution in [1.29, 1.82) is 5.26 Å². The maximum Gasteiger partial charge on any atom is 0.240 e. The molecule has 3 nitrogen and oxygen atoms in total. The third-order valence-corrected chi connectivity index (χ3v) is 2.61. The first-order valence-electron chi connectivity index (χ1n) is 4.27. The van der Waals surface area contributed by atoms with Gasteiger partial charge in [0.15, 0.2) is 0 Å². The van der Waals surface area contributed by atoms with Crippen LogP contribution in [0.3, 0.4) is 0 Å². The van der Waals surface area contributed by atoms with Crippen LogP contribution in [0.15, 0.2) is 16.8 Å². The number of thiophene rings is 1. The van der Waals surface area contributed by atoms with E-state index in [2.05, 4.69) is 5.32 Å². The van der Waals surface area contributed by atoms with Crippen molar-refractivity contribution in [3.05, 3.63) is 22.4 Å². The molecule has 0 aliphatic carbocycles. The molecule has 0 aliphatic rings. The molecule has 0 aliphatic heterocycles. The molecule has 0 bridgehead atoms. The molecule has 0 unspecified atom stereocenters. The van der Waals surface area contributed by atoms with E-state index in [9.17, 15) is 4.79 Å². The largest absolute Gasteiger partial charge is 0.351 e. The van der Waals surface area contributed by atoms with Gasteiger partial charge in [0, 0.05) is 6.54 Å². The minimum atomic E-state index is -0.948. The van der Waals surface area contributed by atoms with Gasteiger partial charge in [-0.3, -0.25) is 4.79 Å². The molecule has 0 saturated carbocycles. The Bertz CT molecular complexity index is 349. The molecule has 1 aromatic rings. The maximum absolute atomic E-state index is 11.5. The van der Waals surface area contributed by atoms with Crippen molar-refractivity contribution in [3.63, 3.8) is 0 Å². The standard InChI is InChI=1S/C10H12N2OS/c1-10(2,7-11)9(13)12-5-8-3-4-14-6-8/h3-4,6H,5H2,1-2H3,(H,12,13). The van der Waals surface area contributed by atoms with E-state index < -0.39 is 5.41 Å². The van der Waals surface area contributed by atoms with Crippen molar-refractivity contribution in [2.24, 2.45) is 5.41 Å². The summed E-state index contributed by atoms with van der Waals surface area (Å²) < 4.78 is 0. The Balaban J connectivity index is 2.48. The quantitative estimate of drug-likeness (QED) is 0.825. The van der Waals surface area contributed by atoms with Crippen molar-refractivity contribution >= 4 is 17.2 Å². The molecular formula is C10H12N2OS. The topological polar surface area (TPSA) is 52.9 Å². The number of nitrogens with zero attached hydrogens (tertiary/aromatic N) is 1. The summed E-state index contributed by atoms with van der Waals surface area (Å²) in [6.45, 7) is 3.71. The van der Waals surface area contributed by atoms with Crippen LogP contribution >= 0.6 is 11.3 Å². The summed E-state index contributed by atoms with van der Waals surface area (Å²) in [4.78, 5) is 11.5. The summed E-state index contributed by atoms with van der Waals surface area (Å²) in [5.41, 5.74) is 0.118. The van der Waals surface area contributed by atoms with Crippen LogP contribution in [0.25, 0.3) is 0 Å². The highest BCUT2D eigenvalue weighted by atomic mass is 32.1. The van der Waals surface area contributed by atoms with Crippen LogP contribution in [0, 0.1) is 16.7 Å². The third-order valence-electron chi connectivity index (χ3n) is 1.88. The zero-order valence-corrected chi connectivity index (χ0v) is 9.02. The van der Waals surface area contributed by atoms with Gasteiger partial charge in [0.25, 0.3) is 0 Å². The van der Waals surface area contributed by atoms with Crippen LogP contribution in [0.2, 0.25) is 0 Å². The van der Waals surface area contributed by atoms with Crippen LogP contribution < -0.4 is 5.32 Å². The van der Waals surface area contributed by atoms with Gasteiger partial charge in [-0.2, -0.15) is 16.6 Å². The normalized spacial score (nSPS) is 10.6. The fourth-order valence-corrected chi connectivity index (χ4v) is 1.52. The minimum absolute atomic E-state index is 0.230. The number of hydrogen-bond acceptors (Lipinski definition) is 3. The molecule has 0 spiro atoms. The summed E-state index contributed by atoms with van der Waals surface area (Å²) in [6.07, 6.45) is 0. The summed E-state index contributed by atoms with van der Waals surface area (Å²) in [5.74, 6) is -0.230. The fourth-order valence-electron chi connectivity index (χ4n) is 0.847. The maximum atomic E-state index is 11.5. The van der Waals surface area contributed by atoms with E-state index in [0.717, 1.165) is 5.56 Å². The molecule has 1 rings (SSSR count). The monoisotopic (exact) mass is 208 g/mol. The van der Waals surface area contributed by atoms with Crippen molar-refractivity contribution in [3.8, 4) is 6.07 Å². The minimum Gasteiger partial charge on any atom is -0.351 e.